The van der Waals surface area contributed by atoms with Crippen LogP contribution in [0.5, 0.6) is 0 Å². The molecule has 25 heavy (non-hydrogen) atoms. The third kappa shape index (κ3) is 4.28. The number of ether oxygens (including phenoxy) is 1. The molecule has 1 aliphatic rings. The van der Waals surface area contributed by atoms with Crippen LogP contribution in [-0.2, 0) is 29.5 Å². The number of hydrogen-bond donors (Lipinski definition) is 0. The lowest BCUT2D eigenvalue weighted by molar-refractivity contribution is -0.132. The van der Waals surface area contributed by atoms with Gasteiger partial charge >= 0.3 is 0 Å². The maximum absolute atomic E-state index is 12.7. The molecule has 3 heterocycles. The van der Waals surface area contributed by atoms with E-state index in [-0.39, 0.29) is 12.0 Å². The first-order valence-corrected chi connectivity index (χ1v) is 8.90. The molecule has 1 aliphatic heterocycles. The van der Waals surface area contributed by atoms with E-state index in [1.807, 2.05) is 40.5 Å². The summed E-state index contributed by atoms with van der Waals surface area (Å²) in [6.07, 6.45) is 5.82. The van der Waals surface area contributed by atoms with Crippen LogP contribution < -0.4 is 0 Å². The van der Waals surface area contributed by atoms with Crippen LogP contribution >= 0.6 is 0 Å². The van der Waals surface area contributed by atoms with E-state index in [2.05, 4.69) is 17.1 Å². The van der Waals surface area contributed by atoms with Crippen molar-refractivity contribution < 1.29 is 9.53 Å². The molecule has 1 saturated heterocycles. The molecule has 1 atom stereocenters. The van der Waals surface area contributed by atoms with Crippen molar-refractivity contribution >= 4 is 5.91 Å². The summed E-state index contributed by atoms with van der Waals surface area (Å²) < 4.78 is 9.64. The zero-order valence-electron chi connectivity index (χ0n) is 15.3. The molecular weight excluding hydrogens is 318 g/mol. The second-order valence-corrected chi connectivity index (χ2v) is 6.69. The van der Waals surface area contributed by atoms with Gasteiger partial charge in [-0.15, -0.1) is 0 Å². The van der Waals surface area contributed by atoms with Gasteiger partial charge in [-0.05, 0) is 38.3 Å². The van der Waals surface area contributed by atoms with Gasteiger partial charge in [-0.3, -0.25) is 14.2 Å². The van der Waals surface area contributed by atoms with Crippen LogP contribution in [0.1, 0.15) is 29.8 Å². The van der Waals surface area contributed by atoms with Crippen molar-refractivity contribution in [2.45, 2.75) is 45.8 Å². The van der Waals surface area contributed by atoms with Gasteiger partial charge < -0.3 is 9.64 Å². The van der Waals surface area contributed by atoms with E-state index >= 15 is 0 Å². The van der Waals surface area contributed by atoms with Crippen LogP contribution in [0.3, 0.4) is 0 Å². The lowest BCUT2D eigenvalue weighted by Gasteiger charge is -2.24. The minimum Gasteiger partial charge on any atom is -0.374 e. The Morgan fingerprint density at radius 3 is 2.92 bits per heavy atom. The molecule has 0 bridgehead atoms. The lowest BCUT2D eigenvalue weighted by Crippen LogP contribution is -2.38. The third-order valence-corrected chi connectivity index (χ3v) is 4.90. The average Bonchev–Trinajstić information content (AvgIpc) is 3.08. The van der Waals surface area contributed by atoms with E-state index in [1.54, 1.807) is 6.20 Å². The minimum atomic E-state index is -0.00628. The number of amides is 1. The molecule has 2 aromatic heterocycles. The topological polar surface area (TPSA) is 65.2 Å². The molecule has 3 rings (SSSR count). The highest BCUT2D eigenvalue weighted by Crippen LogP contribution is 2.16. The largest absolute Gasteiger partial charge is 0.374 e. The normalized spacial score (nSPS) is 18.4. The second-order valence-electron chi connectivity index (χ2n) is 6.69. The predicted octanol–water partition coefficient (Wildman–Crippen LogP) is 1.48. The molecule has 0 aromatic carbocycles. The Morgan fingerprint density at radius 1 is 1.40 bits per heavy atom. The van der Waals surface area contributed by atoms with E-state index in [4.69, 9.17) is 4.74 Å². The van der Waals surface area contributed by atoms with Crippen LogP contribution in [-0.4, -0.2) is 56.2 Å². The van der Waals surface area contributed by atoms with E-state index in [1.165, 1.54) is 5.56 Å². The number of carbonyl (C=O) groups is 1. The molecule has 2 aromatic rings. The fourth-order valence-corrected chi connectivity index (χ4v) is 3.42. The number of carbonyl (C=O) groups excluding carboxylic acids is 1. The number of rotatable bonds is 5. The van der Waals surface area contributed by atoms with Crippen molar-refractivity contribution in [1.82, 2.24) is 24.5 Å². The summed E-state index contributed by atoms with van der Waals surface area (Å²) in [5.74, 6) is 0.193. The maximum Gasteiger partial charge on any atom is 0.222 e. The van der Waals surface area contributed by atoms with Gasteiger partial charge in [0.1, 0.15) is 0 Å². The van der Waals surface area contributed by atoms with Crippen LogP contribution in [0.25, 0.3) is 0 Å². The third-order valence-electron chi connectivity index (χ3n) is 4.90. The van der Waals surface area contributed by atoms with Crippen molar-refractivity contribution in [3.05, 3.63) is 35.4 Å². The van der Waals surface area contributed by atoms with Crippen LogP contribution in [0.4, 0.5) is 0 Å². The van der Waals surface area contributed by atoms with Crippen LogP contribution in [0.2, 0.25) is 0 Å². The van der Waals surface area contributed by atoms with Gasteiger partial charge in [0.2, 0.25) is 5.91 Å². The first kappa shape index (κ1) is 17.7. The Morgan fingerprint density at radius 2 is 2.24 bits per heavy atom. The van der Waals surface area contributed by atoms with Crippen molar-refractivity contribution in [1.29, 1.82) is 0 Å². The summed E-state index contributed by atoms with van der Waals surface area (Å²) in [6, 6.07) is 1.90. The van der Waals surface area contributed by atoms with Gasteiger partial charge in [-0.1, -0.05) is 0 Å². The average molecular weight is 345 g/mol. The van der Waals surface area contributed by atoms with E-state index in [0.29, 0.717) is 26.1 Å². The highest BCUT2D eigenvalue weighted by Gasteiger charge is 2.23. The van der Waals surface area contributed by atoms with E-state index < -0.39 is 0 Å². The summed E-state index contributed by atoms with van der Waals surface area (Å²) >= 11 is 0. The Labute approximate surface area is 148 Å². The van der Waals surface area contributed by atoms with Gasteiger partial charge in [-0.25, -0.2) is 0 Å². The molecule has 7 nitrogen and oxygen atoms in total. The first-order valence-electron chi connectivity index (χ1n) is 8.90. The highest BCUT2D eigenvalue weighted by molar-refractivity contribution is 5.76. The molecular formula is C18H27N5O2. The molecule has 1 fully saturated rings. The molecule has 0 radical (unpaired) electrons. The fraction of sp³-hybridized carbons (Fsp3) is 0.611. The zero-order chi connectivity index (χ0) is 17.8. The predicted molar refractivity (Wildman–Crippen MR) is 94.2 cm³/mol. The fourth-order valence-electron chi connectivity index (χ4n) is 3.42. The second kappa shape index (κ2) is 7.82. The summed E-state index contributed by atoms with van der Waals surface area (Å²) in [6.45, 7) is 6.82. The number of aromatic nitrogens is 4. The molecule has 0 aliphatic carbocycles. The van der Waals surface area contributed by atoms with Gasteiger partial charge in [0.15, 0.2) is 0 Å². The van der Waals surface area contributed by atoms with Crippen molar-refractivity contribution in [3.63, 3.8) is 0 Å². The quantitative estimate of drug-likeness (QED) is 0.823. The van der Waals surface area contributed by atoms with Crippen LogP contribution in [0, 0.1) is 13.8 Å². The molecule has 7 heteroatoms. The van der Waals surface area contributed by atoms with E-state index in [9.17, 15) is 4.79 Å². The minimum absolute atomic E-state index is 0.00628. The number of hydrogen-bond acceptors (Lipinski definition) is 4. The monoisotopic (exact) mass is 345 g/mol. The summed E-state index contributed by atoms with van der Waals surface area (Å²) in [4.78, 5) is 14.7. The molecule has 0 saturated carbocycles. The standard InChI is InChI=1S/C18H27N5O2/c1-14-17(15(2)21(3)20-14)6-7-18(24)22-9-5-11-25-16(12-22)13-23-10-4-8-19-23/h4,8,10,16H,5-7,9,11-13H2,1-3H3/t16-/m0/s1. The zero-order valence-corrected chi connectivity index (χ0v) is 15.3. The Kier molecular flexibility index (Phi) is 5.53. The van der Waals surface area contributed by atoms with Gasteiger partial charge in [0.25, 0.3) is 0 Å². The van der Waals surface area contributed by atoms with Crippen molar-refractivity contribution in [3.8, 4) is 0 Å². The summed E-state index contributed by atoms with van der Waals surface area (Å²) in [5, 5.41) is 8.66. The van der Waals surface area contributed by atoms with Crippen molar-refractivity contribution in [2.24, 2.45) is 7.05 Å². The summed E-state index contributed by atoms with van der Waals surface area (Å²) in [7, 11) is 1.94. The Hall–Kier alpha value is -2.15. The van der Waals surface area contributed by atoms with Crippen LogP contribution in [0.15, 0.2) is 18.5 Å². The van der Waals surface area contributed by atoms with Gasteiger partial charge in [0.05, 0.1) is 18.3 Å². The highest BCUT2D eigenvalue weighted by atomic mass is 16.5. The number of nitrogens with zero attached hydrogens (tertiary/aromatic N) is 5. The molecule has 136 valence electrons. The van der Waals surface area contributed by atoms with Gasteiger partial charge in [0, 0.05) is 51.3 Å². The molecule has 0 N–H and O–H groups in total. The number of aryl methyl sites for hydroxylation is 2. The smallest absolute Gasteiger partial charge is 0.222 e. The lowest BCUT2D eigenvalue weighted by atomic mass is 10.1. The molecule has 1 amide bonds. The Bertz CT molecular complexity index is 707. The SMILES string of the molecule is Cc1nn(C)c(C)c1CCC(=O)N1CCCO[C@H](Cn2cccn2)C1. The molecule has 0 spiro atoms. The summed E-state index contributed by atoms with van der Waals surface area (Å²) in [5.41, 5.74) is 3.35. The Balaban J connectivity index is 1.58. The first-order chi connectivity index (χ1) is 12.0. The van der Waals surface area contributed by atoms with Gasteiger partial charge in [-0.2, -0.15) is 10.2 Å². The van der Waals surface area contributed by atoms with E-state index in [0.717, 1.165) is 30.8 Å². The molecule has 0 unspecified atom stereocenters. The van der Waals surface area contributed by atoms with Crippen molar-refractivity contribution in [2.75, 3.05) is 19.7 Å². The maximum atomic E-state index is 12.7.